The smallest absolute Gasteiger partial charge is 0.262 e. The molecule has 27 heavy (non-hydrogen) atoms. The van der Waals surface area contributed by atoms with Gasteiger partial charge in [-0.15, -0.1) is 0 Å². The largest absolute Gasteiger partial charge is 0.494 e. The molecule has 2 aromatic carbocycles. The maximum atomic E-state index is 12.1. The van der Waals surface area contributed by atoms with E-state index in [0.29, 0.717) is 29.3 Å². The number of carbonyl (C=O) groups excluding carboxylic acids is 2. The Labute approximate surface area is 159 Å². The lowest BCUT2D eigenvalue weighted by molar-refractivity contribution is -0.118. The van der Waals surface area contributed by atoms with Crippen LogP contribution in [0, 0.1) is 6.92 Å². The molecule has 0 bridgehead atoms. The molecule has 0 unspecified atom stereocenters. The summed E-state index contributed by atoms with van der Waals surface area (Å²) in [7, 11) is 1.52. The van der Waals surface area contributed by atoms with Crippen LogP contribution >= 0.6 is 0 Å². The number of hydrogen-bond acceptors (Lipinski definition) is 4. The second-order valence-corrected chi connectivity index (χ2v) is 6.17. The lowest BCUT2D eigenvalue weighted by Crippen LogP contribution is -2.20. The zero-order valence-electron chi connectivity index (χ0n) is 16.0. The van der Waals surface area contributed by atoms with Gasteiger partial charge in [-0.05, 0) is 37.1 Å². The Hall–Kier alpha value is -3.02. The van der Waals surface area contributed by atoms with Gasteiger partial charge in [-0.2, -0.15) is 0 Å². The Balaban J connectivity index is 1.95. The average Bonchev–Trinajstić information content (AvgIpc) is 2.67. The van der Waals surface area contributed by atoms with Crippen LogP contribution in [0.4, 0.5) is 11.4 Å². The summed E-state index contributed by atoms with van der Waals surface area (Å²) < 4.78 is 10.9. The molecule has 2 N–H and O–H groups in total. The molecule has 144 valence electrons. The Morgan fingerprint density at radius 1 is 1.00 bits per heavy atom. The second-order valence-electron chi connectivity index (χ2n) is 6.17. The van der Waals surface area contributed by atoms with E-state index in [1.54, 1.807) is 18.2 Å². The second kappa shape index (κ2) is 10.2. The maximum absolute atomic E-state index is 12.1. The molecule has 6 heteroatoms. The van der Waals surface area contributed by atoms with Crippen molar-refractivity contribution in [2.45, 2.75) is 33.1 Å². The highest BCUT2D eigenvalue weighted by Gasteiger charge is 2.10. The topological polar surface area (TPSA) is 76.7 Å². The molecule has 0 heterocycles. The molecule has 2 amide bonds. The van der Waals surface area contributed by atoms with Crippen LogP contribution in [0.25, 0.3) is 0 Å². The third kappa shape index (κ3) is 6.33. The number of benzene rings is 2. The molecule has 2 aromatic rings. The van der Waals surface area contributed by atoms with Gasteiger partial charge in [0, 0.05) is 18.2 Å². The minimum absolute atomic E-state index is 0.0569. The lowest BCUT2D eigenvalue weighted by Gasteiger charge is -2.13. The summed E-state index contributed by atoms with van der Waals surface area (Å²) in [5, 5.41) is 5.59. The van der Waals surface area contributed by atoms with Crippen molar-refractivity contribution in [3.05, 3.63) is 48.0 Å². The SMILES string of the molecule is CCCCC(=O)Nc1ccc(NC(=O)COc2ccccc2C)cc1OC. The third-order valence-corrected chi connectivity index (χ3v) is 3.97. The lowest BCUT2D eigenvalue weighted by atomic mass is 10.2. The summed E-state index contributed by atoms with van der Waals surface area (Å²) in [6.07, 6.45) is 2.26. The summed E-state index contributed by atoms with van der Waals surface area (Å²) in [4.78, 5) is 24.0. The molecular weight excluding hydrogens is 344 g/mol. The van der Waals surface area contributed by atoms with Crippen molar-refractivity contribution >= 4 is 23.2 Å². The molecule has 0 aliphatic carbocycles. The van der Waals surface area contributed by atoms with E-state index in [1.807, 2.05) is 38.1 Å². The van der Waals surface area contributed by atoms with Crippen molar-refractivity contribution in [2.24, 2.45) is 0 Å². The van der Waals surface area contributed by atoms with Crippen LogP contribution in [-0.2, 0) is 9.59 Å². The summed E-state index contributed by atoms with van der Waals surface area (Å²) in [6, 6.07) is 12.6. The molecule has 0 fully saturated rings. The molecule has 0 saturated carbocycles. The average molecular weight is 370 g/mol. The van der Waals surface area contributed by atoms with E-state index in [4.69, 9.17) is 9.47 Å². The van der Waals surface area contributed by atoms with Gasteiger partial charge in [-0.3, -0.25) is 9.59 Å². The molecule has 0 saturated heterocycles. The summed E-state index contributed by atoms with van der Waals surface area (Å²) in [6.45, 7) is 3.86. The van der Waals surface area contributed by atoms with E-state index in [1.165, 1.54) is 7.11 Å². The van der Waals surface area contributed by atoms with E-state index in [9.17, 15) is 9.59 Å². The van der Waals surface area contributed by atoms with Crippen LogP contribution < -0.4 is 20.1 Å². The van der Waals surface area contributed by atoms with Crippen molar-refractivity contribution in [2.75, 3.05) is 24.4 Å². The van der Waals surface area contributed by atoms with E-state index >= 15 is 0 Å². The number of carbonyl (C=O) groups is 2. The quantitative estimate of drug-likeness (QED) is 0.695. The number of anilines is 2. The zero-order chi connectivity index (χ0) is 19.6. The number of rotatable bonds is 9. The van der Waals surface area contributed by atoms with Gasteiger partial charge in [-0.25, -0.2) is 0 Å². The monoisotopic (exact) mass is 370 g/mol. The standard InChI is InChI=1S/C21H26N2O4/c1-4-5-10-20(24)23-17-12-11-16(13-19(17)26-3)22-21(25)14-27-18-9-7-6-8-15(18)2/h6-9,11-13H,4-5,10,14H2,1-3H3,(H,22,25)(H,23,24). The van der Waals surface area contributed by atoms with Crippen molar-refractivity contribution in [1.82, 2.24) is 0 Å². The van der Waals surface area contributed by atoms with Crippen molar-refractivity contribution in [1.29, 1.82) is 0 Å². The summed E-state index contributed by atoms with van der Waals surface area (Å²) in [5.74, 6) is 0.825. The van der Waals surface area contributed by atoms with Crippen LogP contribution in [0.15, 0.2) is 42.5 Å². The molecule has 2 rings (SSSR count). The summed E-state index contributed by atoms with van der Waals surface area (Å²) >= 11 is 0. The fourth-order valence-electron chi connectivity index (χ4n) is 2.48. The fourth-order valence-corrected chi connectivity index (χ4v) is 2.48. The van der Waals surface area contributed by atoms with Crippen LogP contribution in [0.1, 0.15) is 31.7 Å². The van der Waals surface area contributed by atoms with Crippen LogP contribution in [0.5, 0.6) is 11.5 Å². The predicted octanol–water partition coefficient (Wildman–Crippen LogP) is 4.15. The third-order valence-electron chi connectivity index (χ3n) is 3.97. The van der Waals surface area contributed by atoms with Crippen molar-refractivity contribution < 1.29 is 19.1 Å². The highest BCUT2D eigenvalue weighted by molar-refractivity contribution is 5.95. The van der Waals surface area contributed by atoms with Gasteiger partial charge in [0.2, 0.25) is 5.91 Å². The molecule has 0 aliphatic heterocycles. The van der Waals surface area contributed by atoms with Gasteiger partial charge < -0.3 is 20.1 Å². The molecule has 6 nitrogen and oxygen atoms in total. The first-order chi connectivity index (χ1) is 13.0. The molecule has 0 atom stereocenters. The number of aryl methyl sites for hydroxylation is 1. The number of ether oxygens (including phenoxy) is 2. The van der Waals surface area contributed by atoms with Crippen LogP contribution in [0.3, 0.4) is 0 Å². The Bertz CT molecular complexity index is 790. The zero-order valence-corrected chi connectivity index (χ0v) is 16.0. The number of hydrogen-bond donors (Lipinski definition) is 2. The fraction of sp³-hybridized carbons (Fsp3) is 0.333. The molecule has 0 radical (unpaired) electrons. The summed E-state index contributed by atoms with van der Waals surface area (Å²) in [5.41, 5.74) is 2.11. The highest BCUT2D eigenvalue weighted by Crippen LogP contribution is 2.28. The Morgan fingerprint density at radius 2 is 1.78 bits per heavy atom. The number of methoxy groups -OCH3 is 1. The normalized spacial score (nSPS) is 10.2. The minimum Gasteiger partial charge on any atom is -0.494 e. The number of para-hydroxylation sites is 1. The van der Waals surface area contributed by atoms with Gasteiger partial charge in [0.1, 0.15) is 11.5 Å². The Morgan fingerprint density at radius 3 is 2.48 bits per heavy atom. The van der Waals surface area contributed by atoms with E-state index < -0.39 is 0 Å². The first kappa shape index (κ1) is 20.3. The first-order valence-electron chi connectivity index (χ1n) is 8.99. The van der Waals surface area contributed by atoms with Gasteiger partial charge in [0.25, 0.3) is 5.91 Å². The van der Waals surface area contributed by atoms with Gasteiger partial charge in [-0.1, -0.05) is 31.5 Å². The number of nitrogens with one attached hydrogen (secondary N) is 2. The van der Waals surface area contributed by atoms with E-state index in [0.717, 1.165) is 18.4 Å². The van der Waals surface area contributed by atoms with Crippen molar-refractivity contribution in [3.63, 3.8) is 0 Å². The van der Waals surface area contributed by atoms with Gasteiger partial charge in [0.05, 0.1) is 12.8 Å². The first-order valence-corrected chi connectivity index (χ1v) is 8.99. The van der Waals surface area contributed by atoms with Gasteiger partial charge in [0.15, 0.2) is 6.61 Å². The van der Waals surface area contributed by atoms with Gasteiger partial charge >= 0.3 is 0 Å². The highest BCUT2D eigenvalue weighted by atomic mass is 16.5. The maximum Gasteiger partial charge on any atom is 0.262 e. The van der Waals surface area contributed by atoms with Crippen LogP contribution in [0.2, 0.25) is 0 Å². The van der Waals surface area contributed by atoms with Crippen molar-refractivity contribution in [3.8, 4) is 11.5 Å². The van der Waals surface area contributed by atoms with E-state index in [-0.39, 0.29) is 18.4 Å². The van der Waals surface area contributed by atoms with E-state index in [2.05, 4.69) is 10.6 Å². The molecule has 0 spiro atoms. The number of unbranched alkanes of at least 4 members (excludes halogenated alkanes) is 1. The van der Waals surface area contributed by atoms with Crippen LogP contribution in [-0.4, -0.2) is 25.5 Å². The molecule has 0 aromatic heterocycles. The minimum atomic E-state index is -0.278. The molecule has 0 aliphatic rings. The molecular formula is C21H26N2O4. The Kier molecular flexibility index (Phi) is 7.67. The predicted molar refractivity (Wildman–Crippen MR) is 106 cm³/mol. The number of amides is 2.